The van der Waals surface area contributed by atoms with Gasteiger partial charge in [0.2, 0.25) is 0 Å². The van der Waals surface area contributed by atoms with Gasteiger partial charge in [0, 0.05) is 6.20 Å². The molecule has 4 nitrogen and oxygen atoms in total. The number of carboxylic acids is 1. The molecular weight excluding hydrogens is 307 g/mol. The molecule has 82 valence electrons. The molecule has 0 aromatic carbocycles. The number of rotatable bonds is 4. The Morgan fingerprint density at radius 2 is 2.27 bits per heavy atom. The van der Waals surface area contributed by atoms with Crippen molar-refractivity contribution in [2.24, 2.45) is 5.92 Å². The SMILES string of the molecule is CC(C)[C@H](Nc1ncccc1I)C(=O)O. The maximum atomic E-state index is 11.0. The summed E-state index contributed by atoms with van der Waals surface area (Å²) in [7, 11) is 0. The Balaban J connectivity index is 2.84. The second-order valence-electron chi connectivity index (χ2n) is 3.54. The lowest BCUT2D eigenvalue weighted by molar-refractivity contribution is -0.138. The molecule has 1 atom stereocenters. The fourth-order valence-corrected chi connectivity index (χ4v) is 1.66. The monoisotopic (exact) mass is 320 g/mol. The van der Waals surface area contributed by atoms with E-state index in [1.54, 1.807) is 6.20 Å². The zero-order chi connectivity index (χ0) is 11.4. The number of hydrogen-bond acceptors (Lipinski definition) is 3. The molecule has 0 radical (unpaired) electrons. The number of aliphatic carboxylic acids is 1. The summed E-state index contributed by atoms with van der Waals surface area (Å²) in [6.07, 6.45) is 1.64. The van der Waals surface area contributed by atoms with Crippen LogP contribution >= 0.6 is 22.6 Å². The van der Waals surface area contributed by atoms with Crippen molar-refractivity contribution in [2.45, 2.75) is 19.9 Å². The number of nitrogens with zero attached hydrogens (tertiary/aromatic N) is 1. The van der Waals surface area contributed by atoms with E-state index in [1.807, 2.05) is 26.0 Å². The highest BCUT2D eigenvalue weighted by atomic mass is 127. The second-order valence-corrected chi connectivity index (χ2v) is 4.70. The van der Waals surface area contributed by atoms with E-state index >= 15 is 0 Å². The van der Waals surface area contributed by atoms with Crippen molar-refractivity contribution in [1.82, 2.24) is 4.98 Å². The second kappa shape index (κ2) is 5.29. The Morgan fingerprint density at radius 1 is 1.60 bits per heavy atom. The number of carbonyl (C=O) groups is 1. The molecule has 0 fully saturated rings. The summed E-state index contributed by atoms with van der Waals surface area (Å²) in [4.78, 5) is 15.1. The minimum Gasteiger partial charge on any atom is -0.480 e. The van der Waals surface area contributed by atoms with Gasteiger partial charge in [0.15, 0.2) is 0 Å². The van der Waals surface area contributed by atoms with Crippen LogP contribution in [-0.4, -0.2) is 22.1 Å². The molecule has 1 aromatic heterocycles. The van der Waals surface area contributed by atoms with Crippen LogP contribution in [0.3, 0.4) is 0 Å². The zero-order valence-corrected chi connectivity index (χ0v) is 10.7. The molecule has 1 aromatic rings. The van der Waals surface area contributed by atoms with Gasteiger partial charge < -0.3 is 10.4 Å². The summed E-state index contributed by atoms with van der Waals surface area (Å²) in [5.41, 5.74) is 0. The molecule has 0 saturated heterocycles. The van der Waals surface area contributed by atoms with Gasteiger partial charge in [0.1, 0.15) is 11.9 Å². The molecule has 0 bridgehead atoms. The molecule has 2 N–H and O–H groups in total. The van der Waals surface area contributed by atoms with Crippen molar-refractivity contribution in [3.63, 3.8) is 0 Å². The lowest BCUT2D eigenvalue weighted by atomic mass is 10.1. The van der Waals surface area contributed by atoms with Gasteiger partial charge in [-0.05, 0) is 40.6 Å². The maximum Gasteiger partial charge on any atom is 0.326 e. The number of hydrogen-bond donors (Lipinski definition) is 2. The van der Waals surface area contributed by atoms with Crippen molar-refractivity contribution >= 4 is 34.4 Å². The Bertz CT molecular complexity index is 355. The van der Waals surface area contributed by atoms with Crippen LogP contribution in [0, 0.1) is 9.49 Å². The molecule has 0 saturated carbocycles. The minimum absolute atomic E-state index is 0.0142. The van der Waals surface area contributed by atoms with Crippen LogP contribution < -0.4 is 5.32 Å². The van der Waals surface area contributed by atoms with E-state index in [9.17, 15) is 4.79 Å². The zero-order valence-electron chi connectivity index (χ0n) is 8.57. The van der Waals surface area contributed by atoms with E-state index in [1.165, 1.54) is 0 Å². The van der Waals surface area contributed by atoms with E-state index in [-0.39, 0.29) is 5.92 Å². The van der Waals surface area contributed by atoms with Gasteiger partial charge in [-0.3, -0.25) is 0 Å². The topological polar surface area (TPSA) is 62.2 Å². The quantitative estimate of drug-likeness (QED) is 0.835. The summed E-state index contributed by atoms with van der Waals surface area (Å²) in [6.45, 7) is 3.73. The predicted molar refractivity (Wildman–Crippen MR) is 66.8 cm³/mol. The van der Waals surface area contributed by atoms with Gasteiger partial charge in [-0.2, -0.15) is 0 Å². The third-order valence-electron chi connectivity index (χ3n) is 1.98. The van der Waals surface area contributed by atoms with Crippen molar-refractivity contribution in [3.05, 3.63) is 21.9 Å². The largest absolute Gasteiger partial charge is 0.480 e. The van der Waals surface area contributed by atoms with Gasteiger partial charge in [0.05, 0.1) is 3.57 Å². The van der Waals surface area contributed by atoms with Crippen LogP contribution in [-0.2, 0) is 4.79 Å². The Morgan fingerprint density at radius 3 is 2.73 bits per heavy atom. The number of pyridine rings is 1. The number of nitrogens with one attached hydrogen (secondary N) is 1. The summed E-state index contributed by atoms with van der Waals surface area (Å²) in [6, 6.07) is 3.10. The van der Waals surface area contributed by atoms with Crippen LogP contribution in [0.4, 0.5) is 5.82 Å². The van der Waals surface area contributed by atoms with Crippen LogP contribution in [0.15, 0.2) is 18.3 Å². The van der Waals surface area contributed by atoms with Crippen LogP contribution in [0.25, 0.3) is 0 Å². The highest BCUT2D eigenvalue weighted by Gasteiger charge is 2.22. The average molecular weight is 320 g/mol. The lowest BCUT2D eigenvalue weighted by Crippen LogP contribution is -2.34. The van der Waals surface area contributed by atoms with E-state index in [4.69, 9.17) is 5.11 Å². The lowest BCUT2D eigenvalue weighted by Gasteiger charge is -2.18. The third kappa shape index (κ3) is 3.33. The molecule has 0 spiro atoms. The highest BCUT2D eigenvalue weighted by molar-refractivity contribution is 14.1. The summed E-state index contributed by atoms with van der Waals surface area (Å²) in [5, 5.41) is 11.9. The molecule has 1 rings (SSSR count). The minimum atomic E-state index is -0.855. The molecule has 0 aliphatic carbocycles. The fraction of sp³-hybridized carbons (Fsp3) is 0.400. The van der Waals surface area contributed by atoms with Crippen molar-refractivity contribution in [1.29, 1.82) is 0 Å². The number of halogens is 1. The molecule has 0 amide bonds. The highest BCUT2D eigenvalue weighted by Crippen LogP contribution is 2.17. The van der Waals surface area contributed by atoms with E-state index in [0.29, 0.717) is 5.82 Å². The standard InChI is InChI=1S/C10H13IN2O2/c1-6(2)8(10(14)15)13-9-7(11)4-3-5-12-9/h3-6,8H,1-2H3,(H,12,13)(H,14,15)/t8-/m0/s1. The van der Waals surface area contributed by atoms with Gasteiger partial charge in [0.25, 0.3) is 0 Å². The first-order valence-electron chi connectivity index (χ1n) is 4.62. The maximum absolute atomic E-state index is 11.0. The molecule has 0 unspecified atom stereocenters. The fourth-order valence-electron chi connectivity index (χ4n) is 1.15. The van der Waals surface area contributed by atoms with Crippen LogP contribution in [0.2, 0.25) is 0 Å². The van der Waals surface area contributed by atoms with Gasteiger partial charge >= 0.3 is 5.97 Å². The number of anilines is 1. The first kappa shape index (κ1) is 12.2. The molecule has 0 aliphatic heterocycles. The van der Waals surface area contributed by atoms with Crippen LogP contribution in [0.5, 0.6) is 0 Å². The first-order valence-corrected chi connectivity index (χ1v) is 5.70. The normalized spacial score (nSPS) is 12.5. The van der Waals surface area contributed by atoms with E-state index in [2.05, 4.69) is 32.9 Å². The van der Waals surface area contributed by atoms with E-state index < -0.39 is 12.0 Å². The van der Waals surface area contributed by atoms with Gasteiger partial charge in [-0.15, -0.1) is 0 Å². The molecule has 0 aliphatic rings. The molecule has 1 heterocycles. The van der Waals surface area contributed by atoms with E-state index in [0.717, 1.165) is 3.57 Å². The van der Waals surface area contributed by atoms with Crippen molar-refractivity contribution in [2.75, 3.05) is 5.32 Å². The number of aromatic nitrogens is 1. The molecular formula is C10H13IN2O2. The molecule has 5 heteroatoms. The van der Waals surface area contributed by atoms with Gasteiger partial charge in [-0.1, -0.05) is 13.8 Å². The molecule has 15 heavy (non-hydrogen) atoms. The Labute approximate surface area is 102 Å². The van der Waals surface area contributed by atoms with Crippen molar-refractivity contribution in [3.8, 4) is 0 Å². The summed E-state index contributed by atoms with van der Waals surface area (Å²) in [5.74, 6) is -0.217. The Kier molecular flexibility index (Phi) is 4.31. The average Bonchev–Trinajstić information content (AvgIpc) is 2.15. The van der Waals surface area contributed by atoms with Crippen LogP contribution in [0.1, 0.15) is 13.8 Å². The predicted octanol–water partition coefficient (Wildman–Crippen LogP) is 2.21. The smallest absolute Gasteiger partial charge is 0.326 e. The summed E-state index contributed by atoms with van der Waals surface area (Å²) >= 11 is 2.12. The number of carboxylic acid groups (broad SMARTS) is 1. The Hall–Kier alpha value is -0.850. The third-order valence-corrected chi connectivity index (χ3v) is 2.85. The van der Waals surface area contributed by atoms with Gasteiger partial charge in [-0.25, -0.2) is 9.78 Å². The van der Waals surface area contributed by atoms with Crippen molar-refractivity contribution < 1.29 is 9.90 Å². The first-order chi connectivity index (χ1) is 7.02. The summed E-state index contributed by atoms with van der Waals surface area (Å²) < 4.78 is 0.919.